The highest BCUT2D eigenvalue weighted by molar-refractivity contribution is 6.76. The van der Waals surface area contributed by atoms with Gasteiger partial charge in [0.1, 0.15) is 18.2 Å². The van der Waals surface area contributed by atoms with Crippen molar-refractivity contribution in [3.8, 4) is 5.75 Å². The summed E-state index contributed by atoms with van der Waals surface area (Å²) in [5, 5.41) is 10.5. The van der Waals surface area contributed by atoms with E-state index >= 15 is 0 Å². The Balaban J connectivity index is 1.74. The lowest BCUT2D eigenvalue weighted by atomic mass is 10.0. The van der Waals surface area contributed by atoms with E-state index < -0.39 is 32.2 Å². The van der Waals surface area contributed by atoms with Gasteiger partial charge in [0, 0.05) is 14.7 Å². The summed E-state index contributed by atoms with van der Waals surface area (Å²) in [6.45, 7) is 9.27. The lowest BCUT2D eigenvalue weighted by molar-refractivity contribution is -0.00580. The summed E-state index contributed by atoms with van der Waals surface area (Å²) in [6.07, 6.45) is -0.950. The summed E-state index contributed by atoms with van der Waals surface area (Å²) < 4.78 is 12.6. The van der Waals surface area contributed by atoms with Crippen LogP contribution in [0.3, 0.4) is 0 Å². The zero-order chi connectivity index (χ0) is 21.2. The maximum Gasteiger partial charge on any atom is 0.418 e. The van der Waals surface area contributed by atoms with E-state index in [1.54, 1.807) is 41.8 Å². The molecule has 3 rings (SSSR count). The summed E-state index contributed by atoms with van der Waals surface area (Å²) >= 11 is 0. The molecule has 2 atom stereocenters. The van der Waals surface area contributed by atoms with Gasteiger partial charge in [-0.15, -0.1) is 0 Å². The van der Waals surface area contributed by atoms with Gasteiger partial charge in [0.05, 0.1) is 18.1 Å². The van der Waals surface area contributed by atoms with E-state index in [1.165, 1.54) is 6.33 Å². The van der Waals surface area contributed by atoms with Crippen LogP contribution in [0.15, 0.2) is 36.7 Å². The first kappa shape index (κ1) is 21.2. The number of ketones is 1. The van der Waals surface area contributed by atoms with Crippen molar-refractivity contribution in [2.45, 2.75) is 51.6 Å². The van der Waals surface area contributed by atoms with Crippen molar-refractivity contribution in [1.29, 1.82) is 0 Å². The number of carbonyl (C=O) groups is 2. The maximum atomic E-state index is 12.8. The number of hydrogen-bond acceptors (Lipinski definition) is 6. The monoisotopic (exact) mass is 417 g/mol. The second-order valence-corrected chi connectivity index (χ2v) is 13.9. The van der Waals surface area contributed by atoms with Crippen LogP contribution < -0.4 is 4.74 Å². The second-order valence-electron chi connectivity index (χ2n) is 8.30. The van der Waals surface area contributed by atoms with Gasteiger partial charge < -0.3 is 19.1 Å². The van der Waals surface area contributed by atoms with Gasteiger partial charge in [-0.1, -0.05) is 37.8 Å². The molecular formula is C20H27N3O5Si. The summed E-state index contributed by atoms with van der Waals surface area (Å²) in [4.78, 5) is 30.7. The molecule has 0 bridgehead atoms. The smallest absolute Gasteiger partial charge is 0.410 e. The summed E-state index contributed by atoms with van der Waals surface area (Å²) in [5.74, 6) is -0.272. The Morgan fingerprint density at radius 1 is 1.24 bits per heavy atom. The first-order valence-corrected chi connectivity index (χ1v) is 13.3. The number of hydrogen-bond donors (Lipinski definition) is 1. The van der Waals surface area contributed by atoms with Crippen molar-refractivity contribution in [1.82, 2.24) is 14.5 Å². The molecule has 0 radical (unpaired) electrons. The predicted octanol–water partition coefficient (Wildman–Crippen LogP) is 3.27. The highest BCUT2D eigenvalue weighted by atomic mass is 28.3. The summed E-state index contributed by atoms with van der Waals surface area (Å²) in [6, 6.07) is 8.88. The zero-order valence-electron chi connectivity index (χ0n) is 17.2. The molecule has 0 saturated carbocycles. The molecule has 0 saturated heterocycles. The molecule has 156 valence electrons. The van der Waals surface area contributed by atoms with Crippen LogP contribution in [0.2, 0.25) is 25.7 Å². The van der Waals surface area contributed by atoms with E-state index in [0.717, 1.165) is 10.9 Å². The molecule has 1 aromatic heterocycles. The van der Waals surface area contributed by atoms with Gasteiger partial charge in [0.15, 0.2) is 6.23 Å². The Kier molecular flexibility index (Phi) is 6.20. The minimum atomic E-state index is -1.65. The van der Waals surface area contributed by atoms with Crippen LogP contribution in [0, 0.1) is 0 Å². The lowest BCUT2D eigenvalue weighted by Gasteiger charge is -2.35. The number of ether oxygens (including phenoxy) is 2. The zero-order valence-corrected chi connectivity index (χ0v) is 18.2. The van der Waals surface area contributed by atoms with Crippen molar-refractivity contribution >= 4 is 20.0 Å². The van der Waals surface area contributed by atoms with Gasteiger partial charge in [-0.05, 0) is 25.1 Å². The Labute approximate surface area is 171 Å². The Morgan fingerprint density at radius 2 is 1.93 bits per heavy atom. The number of imidazole rings is 1. The number of benzene rings is 1. The number of aliphatic hydroxyl groups is 1. The average Bonchev–Trinajstić information content (AvgIpc) is 3.08. The molecule has 0 spiro atoms. The van der Waals surface area contributed by atoms with Crippen molar-refractivity contribution in [2.75, 3.05) is 6.61 Å². The molecule has 1 aliphatic rings. The van der Waals surface area contributed by atoms with E-state index in [4.69, 9.17) is 9.47 Å². The summed E-state index contributed by atoms with van der Waals surface area (Å²) in [7, 11) is -1.21. The van der Waals surface area contributed by atoms with E-state index in [-0.39, 0.29) is 12.4 Å². The fourth-order valence-corrected chi connectivity index (χ4v) is 3.86. The van der Waals surface area contributed by atoms with Crippen LogP contribution in [0.5, 0.6) is 5.75 Å². The number of aliphatic hydroxyl groups excluding tert-OH is 1. The molecule has 1 aromatic carbocycles. The van der Waals surface area contributed by atoms with Gasteiger partial charge in [0.2, 0.25) is 5.78 Å². The van der Waals surface area contributed by atoms with Crippen molar-refractivity contribution < 1.29 is 24.2 Å². The molecule has 1 amide bonds. The van der Waals surface area contributed by atoms with Crippen LogP contribution in [0.4, 0.5) is 4.79 Å². The number of aromatic nitrogens is 2. The minimum Gasteiger partial charge on any atom is -0.410 e. The third kappa shape index (κ3) is 4.74. The van der Waals surface area contributed by atoms with Gasteiger partial charge in [-0.2, -0.15) is 0 Å². The number of Topliss-reactive ketones (excluding diaryl/α,β-unsaturated/α-hetero) is 1. The van der Waals surface area contributed by atoms with E-state index in [9.17, 15) is 14.7 Å². The van der Waals surface area contributed by atoms with E-state index in [0.29, 0.717) is 18.1 Å². The van der Waals surface area contributed by atoms with Gasteiger partial charge >= 0.3 is 6.09 Å². The third-order valence-corrected chi connectivity index (χ3v) is 6.50. The molecule has 1 aliphatic heterocycles. The first-order chi connectivity index (χ1) is 13.7. The average molecular weight is 418 g/mol. The number of carbonyl (C=O) groups excluding carboxylic acids is 2. The number of amides is 1. The van der Waals surface area contributed by atoms with Gasteiger partial charge in [-0.25, -0.2) is 9.78 Å². The van der Waals surface area contributed by atoms with E-state index in [1.807, 2.05) is 0 Å². The molecule has 8 nitrogen and oxygen atoms in total. The fraction of sp³-hybridized carbons (Fsp3) is 0.450. The normalized spacial score (nSPS) is 19.2. The van der Waals surface area contributed by atoms with Crippen LogP contribution in [0.1, 0.15) is 29.1 Å². The number of nitrogens with zero attached hydrogens (tertiary/aromatic N) is 3. The third-order valence-electron chi connectivity index (χ3n) is 4.80. The predicted molar refractivity (Wildman–Crippen MR) is 109 cm³/mol. The van der Waals surface area contributed by atoms with Crippen LogP contribution in [0.25, 0.3) is 0 Å². The van der Waals surface area contributed by atoms with Crippen molar-refractivity contribution in [3.05, 3.63) is 48.0 Å². The van der Waals surface area contributed by atoms with Crippen LogP contribution in [-0.4, -0.2) is 52.3 Å². The molecule has 1 N–H and O–H groups in total. The minimum absolute atomic E-state index is 0.173. The summed E-state index contributed by atoms with van der Waals surface area (Å²) in [5.41, 5.74) is 0.681. The van der Waals surface area contributed by atoms with Gasteiger partial charge in [0.25, 0.3) is 0 Å². The topological polar surface area (TPSA) is 93.9 Å². The quantitative estimate of drug-likeness (QED) is 0.573. The Hall–Kier alpha value is -2.49. The molecule has 0 aliphatic carbocycles. The molecule has 0 fully saturated rings. The fourth-order valence-electron chi connectivity index (χ4n) is 3.10. The Morgan fingerprint density at radius 3 is 2.59 bits per heavy atom. The highest BCUT2D eigenvalue weighted by Crippen LogP contribution is 2.32. The van der Waals surface area contributed by atoms with E-state index in [2.05, 4.69) is 24.6 Å². The maximum absolute atomic E-state index is 12.8. The highest BCUT2D eigenvalue weighted by Gasteiger charge is 2.44. The molecule has 2 aromatic rings. The molecule has 2 heterocycles. The largest absolute Gasteiger partial charge is 0.418 e. The first-order valence-electron chi connectivity index (χ1n) is 9.59. The van der Waals surface area contributed by atoms with Crippen molar-refractivity contribution in [2.24, 2.45) is 0 Å². The van der Waals surface area contributed by atoms with Crippen molar-refractivity contribution in [3.63, 3.8) is 0 Å². The van der Waals surface area contributed by atoms with Crippen LogP contribution >= 0.6 is 0 Å². The molecular weight excluding hydrogens is 390 g/mol. The number of rotatable bonds is 6. The SMILES string of the molecule is CC1c2ncn(COCC[Si](C)(C)C)c2C(=O)C(O)N1C(=O)Oc1ccccc1. The Bertz CT molecular complexity index is 878. The van der Waals surface area contributed by atoms with Crippen LogP contribution in [-0.2, 0) is 11.5 Å². The molecule has 9 heteroatoms. The standard InChI is InChI=1S/C20H27N3O5Si/c1-14-16-17(22(12-21-16)13-27-10-11-29(2,3)4)18(24)19(25)23(14)20(26)28-15-8-6-5-7-9-15/h5-9,12,14,19,25H,10-11,13H2,1-4H3. The second kappa shape index (κ2) is 8.48. The van der Waals surface area contributed by atoms with Gasteiger partial charge in [-0.3, -0.25) is 9.69 Å². The molecule has 2 unspecified atom stereocenters. The lowest BCUT2D eigenvalue weighted by Crippen LogP contribution is -2.51. The molecule has 29 heavy (non-hydrogen) atoms. The number of para-hydroxylation sites is 1. The number of fused-ring (bicyclic) bond motifs is 1.